The average molecular weight is 315 g/mol. The predicted molar refractivity (Wildman–Crippen MR) is 76.4 cm³/mol. The number of nitrogens with zero attached hydrogens (tertiary/aromatic N) is 1. The molecule has 0 aromatic heterocycles. The summed E-state index contributed by atoms with van der Waals surface area (Å²) in [4.78, 5) is 13.7. The number of carbonyl (C=O) groups excluding carboxylic acids is 1. The monoisotopic (exact) mass is 315 g/mol. The van der Waals surface area contributed by atoms with Crippen LogP contribution in [0.25, 0.3) is 0 Å². The van der Waals surface area contributed by atoms with E-state index in [1.165, 1.54) is 4.90 Å². The van der Waals surface area contributed by atoms with Crippen LogP contribution in [0.4, 0.5) is 13.2 Å². The molecule has 0 radical (unpaired) electrons. The van der Waals surface area contributed by atoms with Crippen molar-refractivity contribution in [3.05, 3.63) is 34.9 Å². The van der Waals surface area contributed by atoms with Crippen LogP contribution in [0.5, 0.6) is 0 Å². The van der Waals surface area contributed by atoms with Gasteiger partial charge in [-0.15, -0.1) is 0 Å². The van der Waals surface area contributed by atoms with Crippen molar-refractivity contribution in [3.8, 4) is 0 Å². The van der Waals surface area contributed by atoms with Gasteiger partial charge in [0.1, 0.15) is 0 Å². The van der Waals surface area contributed by atoms with Crippen LogP contribution >= 0.6 is 0 Å². The molecule has 1 amide bonds. The van der Waals surface area contributed by atoms with Crippen LogP contribution in [0.3, 0.4) is 0 Å². The van der Waals surface area contributed by atoms with Crippen molar-refractivity contribution in [1.29, 1.82) is 0 Å². The van der Waals surface area contributed by atoms with E-state index in [1.54, 1.807) is 0 Å². The third-order valence-corrected chi connectivity index (χ3v) is 4.32. The molecule has 0 unspecified atom stereocenters. The Labute approximate surface area is 127 Å². The molecule has 1 aromatic rings. The zero-order valence-corrected chi connectivity index (χ0v) is 12.7. The summed E-state index contributed by atoms with van der Waals surface area (Å²) in [6.45, 7) is 3.69. The van der Waals surface area contributed by atoms with E-state index in [1.807, 2.05) is 32.0 Å². The maximum absolute atomic E-state index is 12.7. The predicted octanol–water partition coefficient (Wildman–Crippen LogP) is 2.76. The normalized spacial score (nSPS) is 18.4. The Morgan fingerprint density at radius 3 is 2.41 bits per heavy atom. The van der Waals surface area contributed by atoms with Crippen LogP contribution < -0.4 is 0 Å². The standard InChI is InChI=1S/C16H20F3NO2/c1-11-3-4-12(2)13(9-11)10-14(21)20-7-5-15(22,6-8-20)16(17,18)19/h3-4,9,22H,5-8,10H2,1-2H3. The molecule has 0 aliphatic carbocycles. The fourth-order valence-corrected chi connectivity index (χ4v) is 2.67. The Hall–Kier alpha value is -1.56. The summed E-state index contributed by atoms with van der Waals surface area (Å²) in [7, 11) is 0. The van der Waals surface area contributed by atoms with E-state index in [0.717, 1.165) is 16.7 Å². The number of benzene rings is 1. The number of halogens is 3. The van der Waals surface area contributed by atoms with Gasteiger partial charge in [0.05, 0.1) is 6.42 Å². The number of carbonyl (C=O) groups is 1. The first-order valence-corrected chi connectivity index (χ1v) is 7.25. The quantitative estimate of drug-likeness (QED) is 0.912. The molecule has 1 N–H and O–H groups in total. The summed E-state index contributed by atoms with van der Waals surface area (Å²) in [6, 6.07) is 5.80. The molecule has 2 rings (SSSR count). The maximum Gasteiger partial charge on any atom is 0.417 e. The van der Waals surface area contributed by atoms with Crippen molar-refractivity contribution < 1.29 is 23.1 Å². The summed E-state index contributed by atoms with van der Waals surface area (Å²) in [5.41, 5.74) is 0.256. The smallest absolute Gasteiger partial charge is 0.380 e. The molecule has 0 bridgehead atoms. The number of aryl methyl sites for hydroxylation is 2. The van der Waals surface area contributed by atoms with Crippen LogP contribution in [0.15, 0.2) is 18.2 Å². The van der Waals surface area contributed by atoms with Crippen molar-refractivity contribution >= 4 is 5.91 Å². The van der Waals surface area contributed by atoms with Gasteiger partial charge in [-0.25, -0.2) is 0 Å². The lowest BCUT2D eigenvalue weighted by atomic mass is 9.90. The summed E-state index contributed by atoms with van der Waals surface area (Å²) >= 11 is 0. The van der Waals surface area contributed by atoms with Gasteiger partial charge in [0.15, 0.2) is 5.60 Å². The number of hydrogen-bond acceptors (Lipinski definition) is 2. The van der Waals surface area contributed by atoms with Crippen molar-refractivity contribution in [2.75, 3.05) is 13.1 Å². The molecule has 3 nitrogen and oxygen atoms in total. The SMILES string of the molecule is Cc1ccc(C)c(CC(=O)N2CCC(O)(C(F)(F)F)CC2)c1. The van der Waals surface area contributed by atoms with E-state index in [9.17, 15) is 23.1 Å². The van der Waals surface area contributed by atoms with Gasteiger partial charge in [-0.05, 0) is 25.0 Å². The van der Waals surface area contributed by atoms with Crippen LogP contribution in [0.2, 0.25) is 0 Å². The lowest BCUT2D eigenvalue weighted by molar-refractivity contribution is -0.272. The zero-order chi connectivity index (χ0) is 16.5. The Kier molecular flexibility index (Phi) is 4.52. The van der Waals surface area contributed by atoms with E-state index < -0.39 is 24.6 Å². The maximum atomic E-state index is 12.7. The Balaban J connectivity index is 2.00. The number of alkyl halides is 3. The molecule has 1 saturated heterocycles. The molecule has 1 fully saturated rings. The minimum Gasteiger partial charge on any atom is -0.380 e. The van der Waals surface area contributed by atoms with Gasteiger partial charge in [-0.3, -0.25) is 4.79 Å². The number of piperidine rings is 1. The highest BCUT2D eigenvalue weighted by atomic mass is 19.4. The van der Waals surface area contributed by atoms with Gasteiger partial charge in [-0.2, -0.15) is 13.2 Å². The fraction of sp³-hybridized carbons (Fsp3) is 0.562. The van der Waals surface area contributed by atoms with Crippen LogP contribution in [-0.4, -0.2) is 40.8 Å². The minimum absolute atomic E-state index is 0.0697. The van der Waals surface area contributed by atoms with Gasteiger partial charge in [0.2, 0.25) is 5.91 Å². The lowest BCUT2D eigenvalue weighted by Crippen LogP contribution is -2.54. The van der Waals surface area contributed by atoms with Gasteiger partial charge in [0.25, 0.3) is 0 Å². The van der Waals surface area contributed by atoms with Gasteiger partial charge in [-0.1, -0.05) is 23.8 Å². The average Bonchev–Trinajstić information content (AvgIpc) is 2.42. The second-order valence-electron chi connectivity index (χ2n) is 6.02. The molecule has 22 heavy (non-hydrogen) atoms. The first kappa shape index (κ1) is 16.8. The van der Waals surface area contributed by atoms with Gasteiger partial charge in [0, 0.05) is 25.9 Å². The van der Waals surface area contributed by atoms with E-state index in [2.05, 4.69) is 0 Å². The number of amides is 1. The highest BCUT2D eigenvalue weighted by molar-refractivity contribution is 5.79. The number of rotatable bonds is 2. The number of hydrogen-bond donors (Lipinski definition) is 1. The summed E-state index contributed by atoms with van der Waals surface area (Å²) in [6.07, 6.45) is -5.39. The molecule has 0 atom stereocenters. The van der Waals surface area contributed by atoms with Gasteiger partial charge >= 0.3 is 6.18 Å². The van der Waals surface area contributed by atoms with Crippen molar-refractivity contribution in [2.24, 2.45) is 0 Å². The third-order valence-electron chi connectivity index (χ3n) is 4.32. The van der Waals surface area contributed by atoms with E-state index in [-0.39, 0.29) is 25.4 Å². The van der Waals surface area contributed by atoms with E-state index in [4.69, 9.17) is 0 Å². The molecule has 1 aromatic carbocycles. The topological polar surface area (TPSA) is 40.5 Å². The summed E-state index contributed by atoms with van der Waals surface area (Å²) < 4.78 is 38.2. The lowest BCUT2D eigenvalue weighted by Gasteiger charge is -2.39. The van der Waals surface area contributed by atoms with Crippen LogP contribution in [-0.2, 0) is 11.2 Å². The first-order chi connectivity index (χ1) is 10.1. The molecule has 122 valence electrons. The summed E-state index contributed by atoms with van der Waals surface area (Å²) in [5.74, 6) is -0.196. The molecule has 0 spiro atoms. The number of aliphatic hydroxyl groups is 1. The number of likely N-dealkylation sites (tertiary alicyclic amines) is 1. The first-order valence-electron chi connectivity index (χ1n) is 7.25. The third kappa shape index (κ3) is 3.43. The molecular formula is C16H20F3NO2. The van der Waals surface area contributed by atoms with Gasteiger partial charge < -0.3 is 10.0 Å². The Morgan fingerprint density at radius 2 is 1.86 bits per heavy atom. The Bertz CT molecular complexity index is 561. The fourth-order valence-electron chi connectivity index (χ4n) is 2.67. The Morgan fingerprint density at radius 1 is 1.27 bits per heavy atom. The summed E-state index contributed by atoms with van der Waals surface area (Å²) in [5, 5.41) is 9.61. The van der Waals surface area contributed by atoms with Crippen molar-refractivity contribution in [3.63, 3.8) is 0 Å². The zero-order valence-electron chi connectivity index (χ0n) is 12.7. The minimum atomic E-state index is -4.64. The molecule has 1 aliphatic heterocycles. The van der Waals surface area contributed by atoms with Crippen LogP contribution in [0, 0.1) is 13.8 Å². The van der Waals surface area contributed by atoms with Crippen molar-refractivity contribution in [1.82, 2.24) is 4.90 Å². The largest absolute Gasteiger partial charge is 0.417 e. The van der Waals surface area contributed by atoms with Crippen molar-refractivity contribution in [2.45, 2.75) is 44.9 Å². The molecule has 0 saturated carbocycles. The highest BCUT2D eigenvalue weighted by Crippen LogP contribution is 2.38. The molecule has 1 heterocycles. The molecule has 1 aliphatic rings. The second kappa shape index (κ2) is 5.91. The molecular weight excluding hydrogens is 295 g/mol. The van der Waals surface area contributed by atoms with Crippen LogP contribution in [0.1, 0.15) is 29.5 Å². The van der Waals surface area contributed by atoms with E-state index >= 15 is 0 Å². The highest BCUT2D eigenvalue weighted by Gasteiger charge is 2.54. The molecule has 6 heteroatoms. The second-order valence-corrected chi connectivity index (χ2v) is 6.02. The van der Waals surface area contributed by atoms with E-state index in [0.29, 0.717) is 0 Å².